The van der Waals surface area contributed by atoms with E-state index in [1.807, 2.05) is 18.2 Å². The number of methoxy groups -OCH3 is 1. The predicted octanol–water partition coefficient (Wildman–Crippen LogP) is 3.01. The van der Waals surface area contributed by atoms with Gasteiger partial charge < -0.3 is 14.7 Å². The van der Waals surface area contributed by atoms with Crippen molar-refractivity contribution >= 4 is 17.3 Å². The van der Waals surface area contributed by atoms with E-state index in [-0.39, 0.29) is 6.10 Å². The van der Waals surface area contributed by atoms with Crippen LogP contribution in [0.15, 0.2) is 18.2 Å². The van der Waals surface area contributed by atoms with Crippen LogP contribution in [0.4, 0.5) is 5.69 Å². The Morgan fingerprint density at radius 1 is 1.50 bits per heavy atom. The summed E-state index contributed by atoms with van der Waals surface area (Å²) in [6, 6.07) is 5.77. The molecular weight excluding hydrogens is 250 g/mol. The first-order chi connectivity index (χ1) is 8.61. The molecule has 100 valence electrons. The van der Waals surface area contributed by atoms with Gasteiger partial charge in [-0.05, 0) is 37.5 Å². The molecule has 1 aliphatic rings. The summed E-state index contributed by atoms with van der Waals surface area (Å²) in [5, 5.41) is 10.2. The highest BCUT2D eigenvalue weighted by atomic mass is 35.5. The zero-order valence-corrected chi connectivity index (χ0v) is 11.7. The molecule has 0 spiro atoms. The molecule has 0 aliphatic carbocycles. The van der Waals surface area contributed by atoms with Gasteiger partial charge in [0.15, 0.2) is 0 Å². The van der Waals surface area contributed by atoms with E-state index in [9.17, 15) is 5.11 Å². The highest BCUT2D eigenvalue weighted by Gasteiger charge is 2.21. The summed E-state index contributed by atoms with van der Waals surface area (Å²) >= 11 is 6.30. The molecule has 1 saturated heterocycles. The van der Waals surface area contributed by atoms with Gasteiger partial charge in [-0.2, -0.15) is 0 Å². The molecule has 2 rings (SSSR count). The van der Waals surface area contributed by atoms with E-state index in [0.717, 1.165) is 37.2 Å². The van der Waals surface area contributed by atoms with Crippen molar-refractivity contribution in [1.29, 1.82) is 0 Å². The van der Waals surface area contributed by atoms with Crippen LogP contribution in [0.2, 0.25) is 5.02 Å². The van der Waals surface area contributed by atoms with Crippen molar-refractivity contribution in [3.63, 3.8) is 0 Å². The van der Waals surface area contributed by atoms with E-state index >= 15 is 0 Å². The molecule has 0 saturated carbocycles. The molecule has 1 aromatic carbocycles. The average Bonchev–Trinajstić information content (AvgIpc) is 2.38. The third kappa shape index (κ3) is 2.97. The molecule has 0 radical (unpaired) electrons. The number of piperidine rings is 1. The van der Waals surface area contributed by atoms with E-state index in [0.29, 0.717) is 5.02 Å². The normalized spacial score (nSPS) is 22.0. The smallest absolute Gasteiger partial charge is 0.0762 e. The molecule has 0 bridgehead atoms. The van der Waals surface area contributed by atoms with Gasteiger partial charge in [-0.25, -0.2) is 0 Å². The third-order valence-corrected chi connectivity index (χ3v) is 3.81. The van der Waals surface area contributed by atoms with Gasteiger partial charge in [0.1, 0.15) is 0 Å². The number of ether oxygens (including phenoxy) is 1. The lowest BCUT2D eigenvalue weighted by atomic mass is 10.1. The number of anilines is 1. The summed E-state index contributed by atoms with van der Waals surface area (Å²) < 4.78 is 5.42. The second-order valence-electron chi connectivity index (χ2n) is 4.83. The van der Waals surface area contributed by atoms with Crippen LogP contribution in [0.1, 0.15) is 31.4 Å². The Hall–Kier alpha value is -0.770. The Morgan fingerprint density at radius 2 is 2.28 bits per heavy atom. The van der Waals surface area contributed by atoms with Crippen LogP contribution in [0.3, 0.4) is 0 Å². The first-order valence-electron chi connectivity index (χ1n) is 6.37. The van der Waals surface area contributed by atoms with Crippen LogP contribution < -0.4 is 4.90 Å². The van der Waals surface area contributed by atoms with E-state index in [1.165, 1.54) is 0 Å². The van der Waals surface area contributed by atoms with Crippen molar-refractivity contribution in [3.8, 4) is 0 Å². The lowest BCUT2D eigenvalue weighted by molar-refractivity contribution is 0.0893. The molecule has 1 unspecified atom stereocenters. The van der Waals surface area contributed by atoms with Gasteiger partial charge in [-0.1, -0.05) is 17.7 Å². The quantitative estimate of drug-likeness (QED) is 0.916. The van der Waals surface area contributed by atoms with Gasteiger partial charge in [-0.3, -0.25) is 0 Å². The topological polar surface area (TPSA) is 32.7 Å². The fourth-order valence-electron chi connectivity index (χ4n) is 2.39. The van der Waals surface area contributed by atoms with Crippen LogP contribution in [0.5, 0.6) is 0 Å². The highest BCUT2D eigenvalue weighted by Crippen LogP contribution is 2.31. The van der Waals surface area contributed by atoms with Crippen LogP contribution in [0, 0.1) is 0 Å². The Bertz CT molecular complexity index is 409. The second kappa shape index (κ2) is 5.91. The summed E-state index contributed by atoms with van der Waals surface area (Å²) in [5.74, 6) is 0. The van der Waals surface area contributed by atoms with Gasteiger partial charge in [0.2, 0.25) is 0 Å². The van der Waals surface area contributed by atoms with Crippen molar-refractivity contribution in [2.75, 3.05) is 25.1 Å². The molecule has 1 fully saturated rings. The number of rotatable bonds is 3. The van der Waals surface area contributed by atoms with Crippen molar-refractivity contribution in [2.45, 2.75) is 32.0 Å². The molecule has 1 aromatic rings. The zero-order chi connectivity index (χ0) is 13.1. The Kier molecular flexibility index (Phi) is 4.49. The van der Waals surface area contributed by atoms with Crippen molar-refractivity contribution in [2.24, 2.45) is 0 Å². The minimum Gasteiger partial charge on any atom is -0.389 e. The maximum absolute atomic E-state index is 9.54. The molecule has 3 nitrogen and oxygen atoms in total. The molecular formula is C14H20ClNO2. The summed E-state index contributed by atoms with van der Waals surface area (Å²) in [4.78, 5) is 2.26. The zero-order valence-electron chi connectivity index (χ0n) is 10.9. The van der Waals surface area contributed by atoms with Crippen LogP contribution >= 0.6 is 11.6 Å². The molecule has 2 atom stereocenters. The maximum Gasteiger partial charge on any atom is 0.0762 e. The van der Waals surface area contributed by atoms with Gasteiger partial charge in [0.25, 0.3) is 0 Å². The first kappa shape index (κ1) is 13.7. The minimum absolute atomic E-state index is 0.284. The molecule has 0 aromatic heterocycles. The summed E-state index contributed by atoms with van der Waals surface area (Å²) in [6.07, 6.45) is 2.03. The van der Waals surface area contributed by atoms with E-state index < -0.39 is 6.10 Å². The summed E-state index contributed by atoms with van der Waals surface area (Å²) in [7, 11) is 1.76. The number of nitrogens with zero attached hydrogens (tertiary/aromatic N) is 1. The SMILES string of the molecule is COC1CCCN(c2ccc([C@H](C)O)cc2Cl)C1. The highest BCUT2D eigenvalue weighted by molar-refractivity contribution is 6.33. The molecule has 0 amide bonds. The van der Waals surface area contributed by atoms with E-state index in [2.05, 4.69) is 4.90 Å². The summed E-state index contributed by atoms with van der Waals surface area (Å²) in [5.41, 5.74) is 1.88. The Labute approximate surface area is 113 Å². The van der Waals surface area contributed by atoms with Gasteiger partial charge >= 0.3 is 0 Å². The predicted molar refractivity (Wildman–Crippen MR) is 74.3 cm³/mol. The maximum atomic E-state index is 9.54. The molecule has 18 heavy (non-hydrogen) atoms. The molecule has 4 heteroatoms. The number of hydrogen-bond donors (Lipinski definition) is 1. The number of hydrogen-bond acceptors (Lipinski definition) is 3. The fraction of sp³-hybridized carbons (Fsp3) is 0.571. The van der Waals surface area contributed by atoms with Crippen LogP contribution in [0.25, 0.3) is 0 Å². The molecule has 1 aliphatic heterocycles. The fourth-order valence-corrected chi connectivity index (χ4v) is 2.70. The lowest BCUT2D eigenvalue weighted by Gasteiger charge is -2.34. The second-order valence-corrected chi connectivity index (χ2v) is 5.24. The van der Waals surface area contributed by atoms with Gasteiger partial charge in [-0.15, -0.1) is 0 Å². The standard InChI is InChI=1S/C14H20ClNO2/c1-10(17)11-5-6-14(13(15)8-11)16-7-3-4-12(9-16)18-2/h5-6,8,10,12,17H,3-4,7,9H2,1-2H3/t10-,12?/m0/s1. The third-order valence-electron chi connectivity index (χ3n) is 3.51. The van der Waals surface area contributed by atoms with Gasteiger partial charge in [0, 0.05) is 20.2 Å². The number of aliphatic hydroxyl groups is 1. The lowest BCUT2D eigenvalue weighted by Crippen LogP contribution is -2.39. The van der Waals surface area contributed by atoms with Gasteiger partial charge in [0.05, 0.1) is 22.9 Å². The van der Waals surface area contributed by atoms with Crippen molar-refractivity contribution in [1.82, 2.24) is 0 Å². The van der Waals surface area contributed by atoms with E-state index in [4.69, 9.17) is 16.3 Å². The van der Waals surface area contributed by atoms with Crippen LogP contribution in [-0.4, -0.2) is 31.4 Å². The number of benzene rings is 1. The average molecular weight is 270 g/mol. The Balaban J connectivity index is 2.17. The van der Waals surface area contributed by atoms with Crippen molar-refractivity contribution < 1.29 is 9.84 Å². The van der Waals surface area contributed by atoms with E-state index in [1.54, 1.807) is 14.0 Å². The molecule has 1 heterocycles. The number of halogens is 1. The van der Waals surface area contributed by atoms with Crippen LogP contribution in [-0.2, 0) is 4.74 Å². The minimum atomic E-state index is -0.482. The largest absolute Gasteiger partial charge is 0.389 e. The molecule has 1 N–H and O–H groups in total. The van der Waals surface area contributed by atoms with Crippen molar-refractivity contribution in [3.05, 3.63) is 28.8 Å². The Morgan fingerprint density at radius 3 is 2.89 bits per heavy atom. The monoisotopic (exact) mass is 269 g/mol. The first-order valence-corrected chi connectivity index (χ1v) is 6.75. The summed E-state index contributed by atoms with van der Waals surface area (Å²) in [6.45, 7) is 3.63. The number of aliphatic hydroxyl groups excluding tert-OH is 1.